The maximum atomic E-state index is 13.0. The van der Waals surface area contributed by atoms with E-state index < -0.39 is 17.6 Å². The van der Waals surface area contributed by atoms with E-state index in [9.17, 15) is 18.0 Å². The largest absolute Gasteiger partial charge is 0.468 e. The molecule has 1 amide bonds. The second-order valence-electron chi connectivity index (χ2n) is 5.74. The summed E-state index contributed by atoms with van der Waals surface area (Å²) < 4.78 is 45.6. The quantitative estimate of drug-likeness (QED) is 0.687. The van der Waals surface area contributed by atoms with Crippen LogP contribution < -0.4 is 10.6 Å². The number of rotatable bonds is 6. The maximum absolute atomic E-state index is 13.0. The molecule has 0 radical (unpaired) electrons. The Labute approximate surface area is 152 Å². The van der Waals surface area contributed by atoms with Gasteiger partial charge in [0.1, 0.15) is 18.4 Å². The molecule has 0 bridgehead atoms. The van der Waals surface area contributed by atoms with Gasteiger partial charge in [-0.05, 0) is 37.3 Å². The van der Waals surface area contributed by atoms with Crippen LogP contribution in [0, 0.1) is 0 Å². The number of benzene rings is 1. The van der Waals surface area contributed by atoms with Gasteiger partial charge in [0, 0.05) is 0 Å². The highest BCUT2D eigenvalue weighted by atomic mass is 19.4. The Hall–Kier alpha value is -3.14. The van der Waals surface area contributed by atoms with E-state index in [1.54, 1.807) is 19.1 Å². The van der Waals surface area contributed by atoms with Crippen LogP contribution in [0.3, 0.4) is 0 Å². The molecule has 2 N–H and O–H groups in total. The summed E-state index contributed by atoms with van der Waals surface area (Å²) in [6.07, 6.45) is -0.446. The summed E-state index contributed by atoms with van der Waals surface area (Å²) >= 11 is 0. The number of aromatic nitrogens is 3. The van der Waals surface area contributed by atoms with E-state index in [-0.39, 0.29) is 24.0 Å². The van der Waals surface area contributed by atoms with Crippen LogP contribution in [-0.4, -0.2) is 27.2 Å². The first kappa shape index (κ1) is 18.6. The van der Waals surface area contributed by atoms with Crippen molar-refractivity contribution in [2.75, 3.05) is 11.9 Å². The molecule has 3 rings (SSSR count). The number of alkyl halides is 3. The van der Waals surface area contributed by atoms with Crippen LogP contribution in [0.15, 0.2) is 53.7 Å². The summed E-state index contributed by atoms with van der Waals surface area (Å²) in [5.41, 5.74) is -0.626. The van der Waals surface area contributed by atoms with Crippen LogP contribution in [0.5, 0.6) is 0 Å². The molecular weight excluding hydrogens is 363 g/mol. The van der Waals surface area contributed by atoms with E-state index in [1.807, 2.05) is 0 Å². The first-order valence-electron chi connectivity index (χ1n) is 7.97. The zero-order valence-corrected chi connectivity index (χ0v) is 14.2. The predicted octanol–water partition coefficient (Wildman–Crippen LogP) is 3.17. The van der Waals surface area contributed by atoms with Crippen molar-refractivity contribution in [1.82, 2.24) is 20.1 Å². The van der Waals surface area contributed by atoms with Gasteiger partial charge in [-0.15, -0.1) is 0 Å². The Balaban J connectivity index is 1.76. The lowest BCUT2D eigenvalue weighted by atomic mass is 10.1. The van der Waals surface area contributed by atoms with Crippen LogP contribution >= 0.6 is 0 Å². The fraction of sp³-hybridized carbons (Fsp3) is 0.235. The minimum absolute atomic E-state index is 0.0206. The van der Waals surface area contributed by atoms with E-state index in [1.165, 1.54) is 29.7 Å². The second kappa shape index (κ2) is 7.62. The van der Waals surface area contributed by atoms with Crippen molar-refractivity contribution in [3.8, 4) is 5.69 Å². The van der Waals surface area contributed by atoms with E-state index in [0.29, 0.717) is 5.76 Å². The highest BCUT2D eigenvalue weighted by Gasteiger charge is 2.31. The lowest BCUT2D eigenvalue weighted by Gasteiger charge is -2.15. The van der Waals surface area contributed by atoms with Crippen molar-refractivity contribution >= 4 is 11.6 Å². The molecule has 0 saturated carbocycles. The van der Waals surface area contributed by atoms with Crippen molar-refractivity contribution in [3.05, 3.63) is 60.6 Å². The van der Waals surface area contributed by atoms with Gasteiger partial charge in [-0.25, -0.2) is 9.67 Å². The van der Waals surface area contributed by atoms with Gasteiger partial charge in [-0.3, -0.25) is 10.1 Å². The Bertz CT molecular complexity index is 892. The first-order chi connectivity index (χ1) is 12.8. The predicted molar refractivity (Wildman–Crippen MR) is 90.1 cm³/mol. The van der Waals surface area contributed by atoms with Crippen LogP contribution in [0.2, 0.25) is 0 Å². The van der Waals surface area contributed by atoms with Gasteiger partial charge in [-0.1, -0.05) is 0 Å². The number of carbonyl (C=O) groups is 1. The average Bonchev–Trinajstić information content (AvgIpc) is 3.32. The fourth-order valence-corrected chi connectivity index (χ4v) is 2.42. The monoisotopic (exact) mass is 379 g/mol. The summed E-state index contributed by atoms with van der Waals surface area (Å²) in [4.78, 5) is 16.0. The molecule has 0 unspecified atom stereocenters. The molecule has 1 aromatic carbocycles. The molecule has 0 aliphatic rings. The van der Waals surface area contributed by atoms with E-state index in [0.717, 1.165) is 12.1 Å². The molecule has 3 aromatic rings. The Morgan fingerprint density at radius 3 is 2.78 bits per heavy atom. The number of anilines is 1. The Kier molecular flexibility index (Phi) is 5.26. The third-order valence-corrected chi connectivity index (χ3v) is 3.80. The molecule has 10 heteroatoms. The third-order valence-electron chi connectivity index (χ3n) is 3.80. The fourth-order valence-electron chi connectivity index (χ4n) is 2.42. The highest BCUT2D eigenvalue weighted by molar-refractivity contribution is 5.94. The van der Waals surface area contributed by atoms with Gasteiger partial charge in [0.2, 0.25) is 5.91 Å². The molecule has 0 fully saturated rings. The Morgan fingerprint density at radius 1 is 1.33 bits per heavy atom. The van der Waals surface area contributed by atoms with Crippen LogP contribution in [0.1, 0.15) is 24.3 Å². The topological polar surface area (TPSA) is 85.0 Å². The van der Waals surface area contributed by atoms with Crippen molar-refractivity contribution < 1.29 is 22.4 Å². The van der Waals surface area contributed by atoms with Crippen LogP contribution in [-0.2, 0) is 11.0 Å². The summed E-state index contributed by atoms with van der Waals surface area (Å²) in [6.45, 7) is 1.69. The van der Waals surface area contributed by atoms with Crippen molar-refractivity contribution in [2.45, 2.75) is 19.1 Å². The molecule has 0 aliphatic carbocycles. The summed E-state index contributed by atoms with van der Waals surface area (Å²) in [5, 5.41) is 9.33. The summed E-state index contributed by atoms with van der Waals surface area (Å²) in [6, 6.07) is 6.26. The highest BCUT2D eigenvalue weighted by Crippen LogP contribution is 2.33. The smallest absolute Gasteiger partial charge is 0.416 e. The van der Waals surface area contributed by atoms with Gasteiger partial charge in [0.15, 0.2) is 0 Å². The van der Waals surface area contributed by atoms with E-state index in [4.69, 9.17) is 4.42 Å². The van der Waals surface area contributed by atoms with Crippen LogP contribution in [0.4, 0.5) is 18.9 Å². The lowest BCUT2D eigenvalue weighted by Crippen LogP contribution is -2.30. The van der Waals surface area contributed by atoms with Gasteiger partial charge in [0.25, 0.3) is 0 Å². The van der Waals surface area contributed by atoms with Crippen molar-refractivity contribution in [1.29, 1.82) is 0 Å². The van der Waals surface area contributed by atoms with E-state index in [2.05, 4.69) is 20.7 Å². The number of nitrogens with one attached hydrogen (secondary N) is 2. The molecule has 142 valence electrons. The number of nitrogens with zero attached hydrogens (tertiary/aromatic N) is 3. The number of carbonyl (C=O) groups excluding carboxylic acids is 1. The van der Waals surface area contributed by atoms with Crippen LogP contribution in [0.25, 0.3) is 5.69 Å². The van der Waals surface area contributed by atoms with Crippen molar-refractivity contribution in [2.24, 2.45) is 0 Å². The summed E-state index contributed by atoms with van der Waals surface area (Å²) in [7, 11) is 0. The van der Waals surface area contributed by atoms with Gasteiger partial charge in [-0.2, -0.15) is 18.3 Å². The molecule has 7 nitrogen and oxygen atoms in total. The lowest BCUT2D eigenvalue weighted by molar-refractivity contribution is -0.137. The maximum Gasteiger partial charge on any atom is 0.416 e. The molecule has 27 heavy (non-hydrogen) atoms. The minimum Gasteiger partial charge on any atom is -0.468 e. The summed E-state index contributed by atoms with van der Waals surface area (Å²) in [5.74, 6) is 0.138. The van der Waals surface area contributed by atoms with E-state index >= 15 is 0 Å². The molecule has 0 aliphatic heterocycles. The van der Waals surface area contributed by atoms with Gasteiger partial charge < -0.3 is 9.73 Å². The number of amides is 1. The molecule has 1 atom stereocenters. The number of hydrogen-bond acceptors (Lipinski definition) is 5. The first-order valence-corrected chi connectivity index (χ1v) is 7.97. The Morgan fingerprint density at radius 2 is 2.15 bits per heavy atom. The third kappa shape index (κ3) is 4.53. The average molecular weight is 379 g/mol. The normalized spacial score (nSPS) is 12.7. The number of halogens is 3. The second-order valence-corrected chi connectivity index (χ2v) is 5.74. The number of furan rings is 1. The molecular formula is C17H16F3N5O2. The molecule has 2 heterocycles. The van der Waals surface area contributed by atoms with Gasteiger partial charge in [0.05, 0.1) is 35.8 Å². The van der Waals surface area contributed by atoms with Gasteiger partial charge >= 0.3 is 6.18 Å². The molecule has 0 saturated heterocycles. The molecule has 2 aromatic heterocycles. The molecule has 0 spiro atoms. The zero-order chi connectivity index (χ0) is 19.4. The van der Waals surface area contributed by atoms with Crippen molar-refractivity contribution in [3.63, 3.8) is 0 Å². The SMILES string of the molecule is C[C@@H](NCC(=O)Nc1cc(C(F)(F)F)ccc1-n1cncn1)c1ccco1. The standard InChI is InChI=1S/C17H16F3N5O2/c1-11(15-3-2-6-27-15)22-8-16(26)24-13-7-12(17(18,19)20)4-5-14(13)25-10-21-9-23-25/h2-7,9-11,22H,8H2,1H3,(H,24,26)/t11-/m1/s1. The minimum atomic E-state index is -4.54. The zero-order valence-electron chi connectivity index (χ0n) is 14.2. The number of hydrogen-bond donors (Lipinski definition) is 2.